The maximum Gasteiger partial charge on any atom is 0.409 e. The monoisotopic (exact) mass is 245 g/mol. The van der Waals surface area contributed by atoms with Gasteiger partial charge in [0.1, 0.15) is 5.82 Å². The summed E-state index contributed by atoms with van der Waals surface area (Å²) < 4.78 is 13.5. The number of nitrogens with one attached hydrogen (secondary N) is 1. The second-order valence-corrected chi connectivity index (χ2v) is 3.94. The molecular formula is C14H12FNO2. The summed E-state index contributed by atoms with van der Waals surface area (Å²) >= 11 is 0. The van der Waals surface area contributed by atoms with Crippen LogP contribution < -0.4 is 5.32 Å². The third-order valence-electron chi connectivity index (χ3n) is 2.65. The molecule has 2 aromatic rings. The molecule has 0 unspecified atom stereocenters. The molecule has 0 fully saturated rings. The first-order valence-electron chi connectivity index (χ1n) is 5.43. The van der Waals surface area contributed by atoms with E-state index in [1.165, 1.54) is 6.07 Å². The Morgan fingerprint density at radius 2 is 1.94 bits per heavy atom. The van der Waals surface area contributed by atoms with Crippen LogP contribution in [0.15, 0.2) is 42.5 Å². The first kappa shape index (κ1) is 12.1. The summed E-state index contributed by atoms with van der Waals surface area (Å²) in [6, 6.07) is 11.7. The van der Waals surface area contributed by atoms with Crippen molar-refractivity contribution in [3.05, 3.63) is 53.8 Å². The Bertz CT molecular complexity index is 596. The fourth-order valence-corrected chi connectivity index (χ4v) is 1.72. The number of para-hydroxylation sites is 1. The van der Waals surface area contributed by atoms with E-state index in [4.69, 9.17) is 5.11 Å². The highest BCUT2D eigenvalue weighted by molar-refractivity contribution is 5.90. The molecule has 0 bridgehead atoms. The standard InChI is InChI=1S/C14H12FNO2/c1-9-6-7-10(8-12(9)15)11-4-2-3-5-13(11)16-14(17)18/h2-8,16H,1H3,(H,17,18). The Labute approximate surface area is 104 Å². The summed E-state index contributed by atoms with van der Waals surface area (Å²) in [6.45, 7) is 1.68. The molecule has 0 spiro atoms. The number of aryl methyl sites for hydroxylation is 1. The molecule has 2 N–H and O–H groups in total. The van der Waals surface area contributed by atoms with Gasteiger partial charge in [-0.05, 0) is 30.2 Å². The lowest BCUT2D eigenvalue weighted by Gasteiger charge is -2.09. The van der Waals surface area contributed by atoms with Gasteiger partial charge in [-0.2, -0.15) is 0 Å². The van der Waals surface area contributed by atoms with E-state index in [2.05, 4.69) is 5.32 Å². The molecule has 3 nitrogen and oxygen atoms in total. The average Bonchev–Trinajstić information content (AvgIpc) is 2.33. The van der Waals surface area contributed by atoms with E-state index in [1.807, 2.05) is 0 Å². The maximum atomic E-state index is 13.5. The number of rotatable bonds is 2. The topological polar surface area (TPSA) is 49.3 Å². The highest BCUT2D eigenvalue weighted by Gasteiger charge is 2.08. The SMILES string of the molecule is Cc1ccc(-c2ccccc2NC(=O)O)cc1F. The number of anilines is 1. The van der Waals surface area contributed by atoms with Crippen LogP contribution in [-0.2, 0) is 0 Å². The number of carbonyl (C=O) groups is 1. The van der Waals surface area contributed by atoms with Crippen molar-refractivity contribution in [1.82, 2.24) is 0 Å². The van der Waals surface area contributed by atoms with Crippen molar-refractivity contribution in [2.75, 3.05) is 5.32 Å². The number of carboxylic acid groups (broad SMARTS) is 1. The molecule has 4 heteroatoms. The van der Waals surface area contributed by atoms with Gasteiger partial charge in [0.25, 0.3) is 0 Å². The molecule has 0 heterocycles. The van der Waals surface area contributed by atoms with Crippen LogP contribution in [0.1, 0.15) is 5.56 Å². The number of benzene rings is 2. The Hall–Kier alpha value is -2.36. The minimum Gasteiger partial charge on any atom is -0.465 e. The zero-order valence-electron chi connectivity index (χ0n) is 9.77. The van der Waals surface area contributed by atoms with Crippen molar-refractivity contribution in [1.29, 1.82) is 0 Å². The summed E-state index contributed by atoms with van der Waals surface area (Å²) in [4.78, 5) is 10.7. The molecule has 0 aliphatic heterocycles. The fraction of sp³-hybridized carbons (Fsp3) is 0.0714. The summed E-state index contributed by atoms with van der Waals surface area (Å²) in [7, 11) is 0. The smallest absolute Gasteiger partial charge is 0.409 e. The van der Waals surface area contributed by atoms with Gasteiger partial charge in [0, 0.05) is 5.56 Å². The molecule has 2 rings (SSSR count). The van der Waals surface area contributed by atoms with Gasteiger partial charge in [-0.3, -0.25) is 5.32 Å². The predicted molar refractivity (Wildman–Crippen MR) is 68.2 cm³/mol. The molecule has 2 aromatic carbocycles. The van der Waals surface area contributed by atoms with E-state index in [0.29, 0.717) is 22.4 Å². The number of hydrogen-bond donors (Lipinski definition) is 2. The second kappa shape index (κ2) is 4.87. The molecule has 0 saturated carbocycles. The first-order valence-corrected chi connectivity index (χ1v) is 5.43. The van der Waals surface area contributed by atoms with Gasteiger partial charge < -0.3 is 5.11 Å². The van der Waals surface area contributed by atoms with Crippen molar-refractivity contribution in [3.8, 4) is 11.1 Å². The van der Waals surface area contributed by atoms with Crippen molar-refractivity contribution in [2.45, 2.75) is 6.92 Å². The van der Waals surface area contributed by atoms with Crippen LogP contribution in [0.2, 0.25) is 0 Å². The lowest BCUT2D eigenvalue weighted by molar-refractivity contribution is 0.210. The average molecular weight is 245 g/mol. The molecular weight excluding hydrogens is 233 g/mol. The van der Waals surface area contributed by atoms with Gasteiger partial charge >= 0.3 is 6.09 Å². The van der Waals surface area contributed by atoms with Gasteiger partial charge in [0.2, 0.25) is 0 Å². The molecule has 92 valence electrons. The van der Waals surface area contributed by atoms with Crippen LogP contribution in [0.3, 0.4) is 0 Å². The molecule has 0 atom stereocenters. The quantitative estimate of drug-likeness (QED) is 0.843. The summed E-state index contributed by atoms with van der Waals surface area (Å²) in [5.74, 6) is -0.308. The van der Waals surface area contributed by atoms with E-state index in [1.54, 1.807) is 43.3 Å². The number of amides is 1. The third-order valence-corrected chi connectivity index (χ3v) is 2.65. The zero-order chi connectivity index (χ0) is 13.1. The highest BCUT2D eigenvalue weighted by atomic mass is 19.1. The molecule has 0 aliphatic carbocycles. The Balaban J connectivity index is 2.49. The van der Waals surface area contributed by atoms with Crippen molar-refractivity contribution in [3.63, 3.8) is 0 Å². The van der Waals surface area contributed by atoms with Gasteiger partial charge in [0.05, 0.1) is 5.69 Å². The summed E-state index contributed by atoms with van der Waals surface area (Å²) in [6.07, 6.45) is -1.14. The van der Waals surface area contributed by atoms with E-state index in [0.717, 1.165) is 0 Å². The van der Waals surface area contributed by atoms with Crippen LogP contribution in [0.25, 0.3) is 11.1 Å². The number of halogens is 1. The lowest BCUT2D eigenvalue weighted by atomic mass is 10.0. The molecule has 0 aliphatic rings. The van der Waals surface area contributed by atoms with Crippen molar-refractivity contribution in [2.24, 2.45) is 0 Å². The molecule has 0 saturated heterocycles. The van der Waals surface area contributed by atoms with Crippen LogP contribution >= 0.6 is 0 Å². The summed E-state index contributed by atoms with van der Waals surface area (Å²) in [5, 5.41) is 11.1. The van der Waals surface area contributed by atoms with Crippen LogP contribution in [0.4, 0.5) is 14.9 Å². The van der Waals surface area contributed by atoms with Gasteiger partial charge in [-0.25, -0.2) is 9.18 Å². The Kier molecular flexibility index (Phi) is 3.28. The van der Waals surface area contributed by atoms with Gasteiger partial charge in [-0.1, -0.05) is 30.3 Å². The molecule has 18 heavy (non-hydrogen) atoms. The van der Waals surface area contributed by atoms with E-state index in [-0.39, 0.29) is 5.82 Å². The number of hydrogen-bond acceptors (Lipinski definition) is 1. The second-order valence-electron chi connectivity index (χ2n) is 3.94. The molecule has 0 aromatic heterocycles. The van der Waals surface area contributed by atoms with Gasteiger partial charge in [-0.15, -0.1) is 0 Å². The lowest BCUT2D eigenvalue weighted by Crippen LogP contribution is -2.08. The fourth-order valence-electron chi connectivity index (χ4n) is 1.72. The predicted octanol–water partition coefficient (Wildman–Crippen LogP) is 3.89. The maximum absolute atomic E-state index is 13.5. The normalized spacial score (nSPS) is 10.1. The van der Waals surface area contributed by atoms with Crippen molar-refractivity contribution < 1.29 is 14.3 Å². The Morgan fingerprint density at radius 1 is 1.22 bits per heavy atom. The van der Waals surface area contributed by atoms with E-state index < -0.39 is 6.09 Å². The van der Waals surface area contributed by atoms with Crippen LogP contribution in [0, 0.1) is 12.7 Å². The zero-order valence-corrected chi connectivity index (χ0v) is 9.77. The van der Waals surface area contributed by atoms with E-state index in [9.17, 15) is 9.18 Å². The minimum atomic E-state index is -1.14. The van der Waals surface area contributed by atoms with Crippen LogP contribution in [-0.4, -0.2) is 11.2 Å². The largest absolute Gasteiger partial charge is 0.465 e. The van der Waals surface area contributed by atoms with Gasteiger partial charge in [0.15, 0.2) is 0 Å². The first-order chi connectivity index (χ1) is 8.58. The third kappa shape index (κ3) is 2.48. The molecule has 0 radical (unpaired) electrons. The Morgan fingerprint density at radius 3 is 2.61 bits per heavy atom. The summed E-state index contributed by atoms with van der Waals surface area (Å²) in [5.41, 5.74) is 2.29. The van der Waals surface area contributed by atoms with E-state index >= 15 is 0 Å². The van der Waals surface area contributed by atoms with Crippen molar-refractivity contribution >= 4 is 11.8 Å². The highest BCUT2D eigenvalue weighted by Crippen LogP contribution is 2.28. The van der Waals surface area contributed by atoms with Crippen LogP contribution in [0.5, 0.6) is 0 Å². The minimum absolute atomic E-state index is 0.308. The molecule has 1 amide bonds.